The van der Waals surface area contributed by atoms with Crippen LogP contribution in [0.2, 0.25) is 0 Å². The van der Waals surface area contributed by atoms with E-state index in [1.165, 1.54) is 0 Å². The maximum atomic E-state index is 9.26. The molecule has 0 spiro atoms. The zero-order chi connectivity index (χ0) is 13.7. The fraction of sp³-hybridized carbons (Fsp3) is 0.286. The Balaban J connectivity index is 2.18. The predicted molar refractivity (Wildman–Crippen MR) is 73.6 cm³/mol. The Hall–Kier alpha value is -2.14. The summed E-state index contributed by atoms with van der Waals surface area (Å²) in [5.41, 5.74) is 1.55. The minimum Gasteiger partial charge on any atom is -0.494 e. The lowest BCUT2D eigenvalue weighted by Gasteiger charge is -2.10. The summed E-state index contributed by atoms with van der Waals surface area (Å²) in [5.74, 6) is 2.11. The highest BCUT2D eigenvalue weighted by molar-refractivity contribution is 5.59. The molecule has 19 heavy (non-hydrogen) atoms. The van der Waals surface area contributed by atoms with Crippen LogP contribution in [0.15, 0.2) is 30.5 Å². The molecule has 2 rings (SSSR count). The number of aliphatic hydroxyl groups is 1. The lowest BCUT2D eigenvalue weighted by molar-refractivity contribution is 0.281. The molecule has 1 heterocycles. The molecule has 0 atom stereocenters. The van der Waals surface area contributed by atoms with Crippen LogP contribution in [0, 0.1) is 6.92 Å². The SMILES string of the molecule is CCOc1ccc(Nc2nc(C)ncc2CO)cc1. The van der Waals surface area contributed by atoms with Crippen LogP contribution in [0.4, 0.5) is 11.5 Å². The van der Waals surface area contributed by atoms with E-state index in [0.29, 0.717) is 23.8 Å². The number of aliphatic hydroxyl groups excluding tert-OH is 1. The van der Waals surface area contributed by atoms with Crippen LogP contribution in [0.3, 0.4) is 0 Å². The molecule has 0 saturated heterocycles. The minimum absolute atomic E-state index is 0.0976. The van der Waals surface area contributed by atoms with Crippen LogP contribution in [-0.4, -0.2) is 21.7 Å². The summed E-state index contributed by atoms with van der Waals surface area (Å²) in [6.45, 7) is 4.31. The van der Waals surface area contributed by atoms with E-state index in [-0.39, 0.29) is 6.61 Å². The van der Waals surface area contributed by atoms with E-state index in [9.17, 15) is 5.11 Å². The molecule has 5 nitrogen and oxygen atoms in total. The first-order valence-electron chi connectivity index (χ1n) is 6.16. The Morgan fingerprint density at radius 1 is 1.26 bits per heavy atom. The first-order valence-corrected chi connectivity index (χ1v) is 6.16. The highest BCUT2D eigenvalue weighted by Gasteiger charge is 2.05. The largest absolute Gasteiger partial charge is 0.494 e. The number of hydrogen-bond acceptors (Lipinski definition) is 5. The third-order valence-corrected chi connectivity index (χ3v) is 2.58. The van der Waals surface area contributed by atoms with Crippen molar-refractivity contribution in [3.05, 3.63) is 41.9 Å². The topological polar surface area (TPSA) is 67.3 Å². The molecule has 1 aromatic carbocycles. The maximum Gasteiger partial charge on any atom is 0.139 e. The van der Waals surface area contributed by atoms with E-state index in [2.05, 4.69) is 15.3 Å². The van der Waals surface area contributed by atoms with Crippen molar-refractivity contribution < 1.29 is 9.84 Å². The Bertz CT molecular complexity index is 541. The molecule has 0 aliphatic carbocycles. The molecule has 0 amide bonds. The third-order valence-electron chi connectivity index (χ3n) is 2.58. The van der Waals surface area contributed by atoms with Gasteiger partial charge in [-0.25, -0.2) is 9.97 Å². The minimum atomic E-state index is -0.0976. The number of nitrogens with zero attached hydrogens (tertiary/aromatic N) is 2. The van der Waals surface area contributed by atoms with Gasteiger partial charge in [0.1, 0.15) is 17.4 Å². The zero-order valence-electron chi connectivity index (χ0n) is 11.1. The molecular formula is C14H17N3O2. The lowest BCUT2D eigenvalue weighted by atomic mass is 10.2. The number of anilines is 2. The summed E-state index contributed by atoms with van der Waals surface area (Å²) in [5, 5.41) is 12.4. The summed E-state index contributed by atoms with van der Waals surface area (Å²) < 4.78 is 5.38. The summed E-state index contributed by atoms with van der Waals surface area (Å²) in [6.07, 6.45) is 1.62. The summed E-state index contributed by atoms with van der Waals surface area (Å²) in [4.78, 5) is 8.34. The normalized spacial score (nSPS) is 10.3. The van der Waals surface area contributed by atoms with Crippen LogP contribution in [-0.2, 0) is 6.61 Å². The fourth-order valence-electron chi connectivity index (χ4n) is 1.66. The van der Waals surface area contributed by atoms with Crippen LogP contribution < -0.4 is 10.1 Å². The molecule has 0 aliphatic heterocycles. The fourth-order valence-corrected chi connectivity index (χ4v) is 1.66. The van der Waals surface area contributed by atoms with E-state index in [1.54, 1.807) is 6.20 Å². The van der Waals surface area contributed by atoms with Crippen molar-refractivity contribution in [2.45, 2.75) is 20.5 Å². The van der Waals surface area contributed by atoms with Crippen molar-refractivity contribution in [2.75, 3.05) is 11.9 Å². The van der Waals surface area contributed by atoms with Gasteiger partial charge in [-0.15, -0.1) is 0 Å². The van der Waals surface area contributed by atoms with Crippen LogP contribution in [0.1, 0.15) is 18.3 Å². The van der Waals surface area contributed by atoms with Crippen molar-refractivity contribution in [1.29, 1.82) is 0 Å². The molecule has 0 fully saturated rings. The number of ether oxygens (including phenoxy) is 1. The first-order chi connectivity index (χ1) is 9.22. The van der Waals surface area contributed by atoms with Gasteiger partial charge >= 0.3 is 0 Å². The first kappa shape index (κ1) is 13.3. The van der Waals surface area contributed by atoms with Gasteiger partial charge in [0.05, 0.1) is 13.2 Å². The van der Waals surface area contributed by atoms with Crippen molar-refractivity contribution >= 4 is 11.5 Å². The average Bonchev–Trinajstić information content (AvgIpc) is 2.42. The van der Waals surface area contributed by atoms with Gasteiger partial charge in [-0.2, -0.15) is 0 Å². The number of aromatic nitrogens is 2. The van der Waals surface area contributed by atoms with Gasteiger partial charge in [0.2, 0.25) is 0 Å². The Kier molecular flexibility index (Phi) is 4.30. The van der Waals surface area contributed by atoms with Gasteiger partial charge in [0.15, 0.2) is 0 Å². The van der Waals surface area contributed by atoms with Crippen LogP contribution in [0.5, 0.6) is 5.75 Å². The highest BCUT2D eigenvalue weighted by atomic mass is 16.5. The smallest absolute Gasteiger partial charge is 0.139 e. The van der Waals surface area contributed by atoms with Gasteiger partial charge in [0, 0.05) is 17.4 Å². The third kappa shape index (κ3) is 3.42. The van der Waals surface area contributed by atoms with Gasteiger partial charge in [-0.1, -0.05) is 0 Å². The Morgan fingerprint density at radius 3 is 2.63 bits per heavy atom. The second-order valence-corrected chi connectivity index (χ2v) is 4.03. The number of rotatable bonds is 5. The summed E-state index contributed by atoms with van der Waals surface area (Å²) in [7, 11) is 0. The van der Waals surface area contributed by atoms with Crippen molar-refractivity contribution in [3.63, 3.8) is 0 Å². The molecule has 0 aliphatic rings. The summed E-state index contributed by atoms with van der Waals surface area (Å²) in [6, 6.07) is 7.59. The molecule has 2 aromatic rings. The molecule has 5 heteroatoms. The van der Waals surface area contributed by atoms with Crippen LogP contribution in [0.25, 0.3) is 0 Å². The quantitative estimate of drug-likeness (QED) is 0.863. The van der Waals surface area contributed by atoms with Gasteiger partial charge in [0.25, 0.3) is 0 Å². The van der Waals surface area contributed by atoms with E-state index < -0.39 is 0 Å². The highest BCUT2D eigenvalue weighted by Crippen LogP contribution is 2.21. The molecule has 1 aromatic heterocycles. The Labute approximate surface area is 112 Å². The predicted octanol–water partition coefficient (Wildman–Crippen LogP) is 2.42. The standard InChI is InChI=1S/C14H17N3O2/c1-3-19-13-6-4-12(5-7-13)17-14-11(9-18)8-15-10(2)16-14/h4-8,18H,3,9H2,1-2H3,(H,15,16,17). The summed E-state index contributed by atoms with van der Waals surface area (Å²) >= 11 is 0. The number of benzene rings is 1. The second-order valence-electron chi connectivity index (χ2n) is 4.03. The lowest BCUT2D eigenvalue weighted by Crippen LogP contribution is -2.02. The van der Waals surface area contributed by atoms with Crippen molar-refractivity contribution in [1.82, 2.24) is 9.97 Å². The molecule has 2 N–H and O–H groups in total. The monoisotopic (exact) mass is 259 g/mol. The molecule has 100 valence electrons. The Morgan fingerprint density at radius 2 is 2.00 bits per heavy atom. The molecule has 0 radical (unpaired) electrons. The number of hydrogen-bond donors (Lipinski definition) is 2. The molecule has 0 unspecified atom stereocenters. The van der Waals surface area contributed by atoms with E-state index >= 15 is 0 Å². The van der Waals surface area contributed by atoms with E-state index in [0.717, 1.165) is 11.4 Å². The van der Waals surface area contributed by atoms with E-state index in [4.69, 9.17) is 4.74 Å². The number of nitrogens with one attached hydrogen (secondary N) is 1. The number of aryl methyl sites for hydroxylation is 1. The zero-order valence-corrected chi connectivity index (χ0v) is 11.1. The van der Waals surface area contributed by atoms with Gasteiger partial charge in [-0.3, -0.25) is 0 Å². The van der Waals surface area contributed by atoms with E-state index in [1.807, 2.05) is 38.1 Å². The van der Waals surface area contributed by atoms with Crippen LogP contribution >= 0.6 is 0 Å². The van der Waals surface area contributed by atoms with Gasteiger partial charge < -0.3 is 15.2 Å². The second kappa shape index (κ2) is 6.15. The van der Waals surface area contributed by atoms with Gasteiger partial charge in [-0.05, 0) is 38.1 Å². The molecule has 0 saturated carbocycles. The maximum absolute atomic E-state index is 9.26. The molecular weight excluding hydrogens is 242 g/mol. The average molecular weight is 259 g/mol. The molecule has 0 bridgehead atoms. The van der Waals surface area contributed by atoms with Crippen molar-refractivity contribution in [3.8, 4) is 5.75 Å². The van der Waals surface area contributed by atoms with Crippen molar-refractivity contribution in [2.24, 2.45) is 0 Å².